The lowest BCUT2D eigenvalue weighted by Crippen LogP contribution is -2.40. The number of nitrogens with zero attached hydrogens (tertiary/aromatic N) is 1. The predicted octanol–water partition coefficient (Wildman–Crippen LogP) is 4.67. The molecule has 136 valence electrons. The first-order valence-corrected chi connectivity index (χ1v) is 9.74. The van der Waals surface area contributed by atoms with Gasteiger partial charge in [0, 0.05) is 6.04 Å². The van der Waals surface area contributed by atoms with Crippen molar-refractivity contribution < 1.29 is 4.79 Å². The van der Waals surface area contributed by atoms with Crippen molar-refractivity contribution >= 4 is 11.5 Å². The fraction of sp³-hybridized carbons (Fsp3) is 0.333. The van der Waals surface area contributed by atoms with E-state index in [0.29, 0.717) is 12.3 Å². The number of nitriles is 1. The monoisotopic (exact) mass is 356 g/mol. The molecule has 1 atom stereocenters. The number of carbonyl (C=O) groups excluding carboxylic acids is 1. The minimum Gasteiger partial charge on any atom is -0.348 e. The third-order valence-electron chi connectivity index (χ3n) is 5.60. The summed E-state index contributed by atoms with van der Waals surface area (Å²) in [6, 6.07) is 19.1. The van der Waals surface area contributed by atoms with E-state index in [2.05, 4.69) is 66.8 Å². The van der Waals surface area contributed by atoms with E-state index in [1.165, 1.54) is 29.5 Å². The van der Waals surface area contributed by atoms with Crippen LogP contribution in [0.1, 0.15) is 53.9 Å². The molecule has 2 aromatic carbocycles. The lowest BCUT2D eigenvalue weighted by Gasteiger charge is -2.26. The van der Waals surface area contributed by atoms with Gasteiger partial charge in [0.05, 0.1) is 0 Å². The van der Waals surface area contributed by atoms with Gasteiger partial charge in [-0.3, -0.25) is 4.79 Å². The van der Waals surface area contributed by atoms with Crippen LogP contribution >= 0.6 is 0 Å². The molecule has 3 heteroatoms. The molecule has 2 aromatic rings. The fourth-order valence-corrected chi connectivity index (χ4v) is 3.93. The molecule has 0 unspecified atom stereocenters. The van der Waals surface area contributed by atoms with Gasteiger partial charge in [-0.25, -0.2) is 0 Å². The van der Waals surface area contributed by atoms with E-state index in [9.17, 15) is 10.1 Å². The van der Waals surface area contributed by atoms with E-state index in [0.717, 1.165) is 24.0 Å². The summed E-state index contributed by atoms with van der Waals surface area (Å²) in [6.45, 7) is 2.09. The molecule has 1 amide bonds. The van der Waals surface area contributed by atoms with Gasteiger partial charge in [0.15, 0.2) is 0 Å². The van der Waals surface area contributed by atoms with Gasteiger partial charge in [-0.1, -0.05) is 54.1 Å². The first-order valence-electron chi connectivity index (χ1n) is 9.74. The minimum atomic E-state index is -0.237. The SMILES string of the molecule is Cc1cccc(CC[C@H]2CC(c3ccc(C4CC4)cc3)=C(C#N)C(=O)N2)c1. The molecule has 0 bridgehead atoms. The smallest absolute Gasteiger partial charge is 0.262 e. The summed E-state index contributed by atoms with van der Waals surface area (Å²) in [5.74, 6) is 0.472. The maximum absolute atomic E-state index is 12.5. The van der Waals surface area contributed by atoms with Gasteiger partial charge in [0.25, 0.3) is 5.91 Å². The average molecular weight is 356 g/mol. The molecule has 4 rings (SSSR count). The lowest BCUT2D eigenvalue weighted by atomic mass is 9.87. The highest BCUT2D eigenvalue weighted by molar-refractivity contribution is 6.06. The molecule has 1 aliphatic carbocycles. The Morgan fingerprint density at radius 1 is 1.15 bits per heavy atom. The highest BCUT2D eigenvalue weighted by Gasteiger charge is 2.28. The van der Waals surface area contributed by atoms with Crippen LogP contribution in [0.25, 0.3) is 5.57 Å². The Bertz CT molecular complexity index is 930. The highest BCUT2D eigenvalue weighted by Crippen LogP contribution is 2.40. The Morgan fingerprint density at radius 2 is 1.93 bits per heavy atom. The van der Waals surface area contributed by atoms with Gasteiger partial charge in [-0.15, -0.1) is 0 Å². The second-order valence-corrected chi connectivity index (χ2v) is 7.76. The van der Waals surface area contributed by atoms with Crippen LogP contribution in [0.15, 0.2) is 54.1 Å². The first-order chi connectivity index (χ1) is 13.1. The molecular formula is C24H24N2O. The molecule has 1 N–H and O–H groups in total. The molecule has 1 fully saturated rings. The minimum absolute atomic E-state index is 0.0632. The number of benzene rings is 2. The van der Waals surface area contributed by atoms with Crippen LogP contribution in [0.5, 0.6) is 0 Å². The molecule has 1 saturated carbocycles. The summed E-state index contributed by atoms with van der Waals surface area (Å²) >= 11 is 0. The maximum Gasteiger partial charge on any atom is 0.262 e. The van der Waals surface area contributed by atoms with Crippen molar-refractivity contribution in [2.24, 2.45) is 0 Å². The number of amides is 1. The van der Waals surface area contributed by atoms with Crippen LogP contribution in [0.4, 0.5) is 0 Å². The molecule has 3 nitrogen and oxygen atoms in total. The predicted molar refractivity (Wildman–Crippen MR) is 107 cm³/mol. The van der Waals surface area contributed by atoms with Gasteiger partial charge in [-0.2, -0.15) is 5.26 Å². The summed E-state index contributed by atoms with van der Waals surface area (Å²) in [5, 5.41) is 12.5. The van der Waals surface area contributed by atoms with E-state index in [-0.39, 0.29) is 17.5 Å². The molecule has 0 spiro atoms. The normalized spacial score (nSPS) is 19.6. The Labute approximate surface area is 160 Å². The van der Waals surface area contributed by atoms with Crippen LogP contribution in [0.2, 0.25) is 0 Å². The summed E-state index contributed by atoms with van der Waals surface area (Å²) < 4.78 is 0. The van der Waals surface area contributed by atoms with Gasteiger partial charge < -0.3 is 5.32 Å². The quantitative estimate of drug-likeness (QED) is 0.846. The van der Waals surface area contributed by atoms with Gasteiger partial charge >= 0.3 is 0 Å². The second kappa shape index (κ2) is 7.40. The Balaban J connectivity index is 1.52. The van der Waals surface area contributed by atoms with Crippen molar-refractivity contribution in [3.05, 3.63) is 76.4 Å². The molecule has 0 saturated heterocycles. The van der Waals surface area contributed by atoms with E-state index in [4.69, 9.17) is 0 Å². The standard InChI is InChI=1S/C24H24N2O/c1-16-3-2-4-17(13-16)5-12-21-14-22(23(15-25)24(27)26-21)20-10-8-19(9-11-20)18-6-7-18/h2-4,8-11,13,18,21H,5-7,12,14H2,1H3,(H,26,27)/t21-/m0/s1. The van der Waals surface area contributed by atoms with Crippen LogP contribution in [0.3, 0.4) is 0 Å². The van der Waals surface area contributed by atoms with Crippen LogP contribution in [-0.2, 0) is 11.2 Å². The molecule has 2 aliphatic rings. The molecule has 0 aromatic heterocycles. The molecule has 0 radical (unpaired) electrons. The first kappa shape index (κ1) is 17.5. The highest BCUT2D eigenvalue weighted by atomic mass is 16.1. The summed E-state index contributed by atoms with van der Waals surface area (Å²) in [4.78, 5) is 12.5. The van der Waals surface area contributed by atoms with Gasteiger partial charge in [-0.05, 0) is 67.2 Å². The van der Waals surface area contributed by atoms with E-state index in [1.54, 1.807) is 0 Å². The zero-order valence-corrected chi connectivity index (χ0v) is 15.7. The van der Waals surface area contributed by atoms with Crippen molar-refractivity contribution in [3.8, 4) is 6.07 Å². The number of nitrogens with one attached hydrogen (secondary N) is 1. The average Bonchev–Trinajstić information content (AvgIpc) is 3.51. The Hall–Kier alpha value is -2.86. The molecule has 27 heavy (non-hydrogen) atoms. The second-order valence-electron chi connectivity index (χ2n) is 7.76. The van der Waals surface area contributed by atoms with Crippen LogP contribution in [0, 0.1) is 18.3 Å². The Morgan fingerprint density at radius 3 is 2.59 bits per heavy atom. The maximum atomic E-state index is 12.5. The van der Waals surface area contributed by atoms with Crippen molar-refractivity contribution in [3.63, 3.8) is 0 Å². The molecular weight excluding hydrogens is 332 g/mol. The van der Waals surface area contributed by atoms with Gasteiger partial charge in [0.1, 0.15) is 11.6 Å². The number of hydrogen-bond acceptors (Lipinski definition) is 2. The van der Waals surface area contributed by atoms with Crippen molar-refractivity contribution in [2.75, 3.05) is 0 Å². The summed E-state index contributed by atoms with van der Waals surface area (Å²) in [6.07, 6.45) is 5.05. The third kappa shape index (κ3) is 3.95. The van der Waals surface area contributed by atoms with Crippen LogP contribution in [-0.4, -0.2) is 11.9 Å². The number of rotatable bonds is 5. The fourth-order valence-electron chi connectivity index (χ4n) is 3.93. The topological polar surface area (TPSA) is 52.9 Å². The number of aryl methyl sites for hydroxylation is 2. The number of carbonyl (C=O) groups is 1. The Kier molecular flexibility index (Phi) is 4.81. The van der Waals surface area contributed by atoms with Crippen LogP contribution < -0.4 is 5.32 Å². The van der Waals surface area contributed by atoms with Crippen molar-refractivity contribution in [1.29, 1.82) is 5.26 Å². The third-order valence-corrected chi connectivity index (χ3v) is 5.60. The zero-order valence-electron chi connectivity index (χ0n) is 15.7. The number of hydrogen-bond donors (Lipinski definition) is 1. The van der Waals surface area contributed by atoms with Gasteiger partial charge in [0.2, 0.25) is 0 Å². The van der Waals surface area contributed by atoms with E-state index < -0.39 is 0 Å². The van der Waals surface area contributed by atoms with E-state index in [1.807, 2.05) is 0 Å². The molecule has 1 heterocycles. The van der Waals surface area contributed by atoms with Crippen molar-refractivity contribution in [2.45, 2.75) is 51.0 Å². The summed E-state index contributed by atoms with van der Waals surface area (Å²) in [7, 11) is 0. The summed E-state index contributed by atoms with van der Waals surface area (Å²) in [5.41, 5.74) is 6.07. The molecule has 1 aliphatic heterocycles. The largest absolute Gasteiger partial charge is 0.348 e. The van der Waals surface area contributed by atoms with Crippen molar-refractivity contribution in [1.82, 2.24) is 5.32 Å². The zero-order chi connectivity index (χ0) is 18.8. The van der Waals surface area contributed by atoms with E-state index >= 15 is 0 Å². The lowest BCUT2D eigenvalue weighted by molar-refractivity contribution is -0.118.